The lowest BCUT2D eigenvalue weighted by Gasteiger charge is -2.15. The number of nitriles is 1. The topological polar surface area (TPSA) is 99.1 Å². The molecule has 0 spiro atoms. The van der Waals surface area contributed by atoms with Gasteiger partial charge >= 0.3 is 0 Å². The van der Waals surface area contributed by atoms with E-state index in [4.69, 9.17) is 4.74 Å². The van der Waals surface area contributed by atoms with E-state index in [1.165, 1.54) is 19.4 Å². The molecule has 0 radical (unpaired) electrons. The quantitative estimate of drug-likeness (QED) is 0.449. The molecular formula is C22H20BrN5O2. The van der Waals surface area contributed by atoms with Crippen molar-refractivity contribution in [3.05, 3.63) is 64.8 Å². The summed E-state index contributed by atoms with van der Waals surface area (Å²) in [6, 6.07) is 13.3. The number of amides is 1. The molecule has 1 aromatic heterocycles. The highest BCUT2D eigenvalue weighted by molar-refractivity contribution is 9.10. The molecule has 0 atom stereocenters. The van der Waals surface area contributed by atoms with E-state index in [-0.39, 0.29) is 5.91 Å². The van der Waals surface area contributed by atoms with Crippen molar-refractivity contribution in [2.75, 3.05) is 31.3 Å². The van der Waals surface area contributed by atoms with E-state index in [0.717, 1.165) is 10.2 Å². The van der Waals surface area contributed by atoms with Gasteiger partial charge in [-0.2, -0.15) is 5.26 Å². The predicted octanol–water partition coefficient (Wildman–Crippen LogP) is 4.34. The number of hydrogen-bond acceptors (Lipinski definition) is 6. The number of methoxy groups -OCH3 is 1. The van der Waals surface area contributed by atoms with Crippen LogP contribution in [0.5, 0.6) is 5.75 Å². The molecule has 2 aromatic carbocycles. The van der Waals surface area contributed by atoms with Gasteiger partial charge in [0, 0.05) is 40.4 Å². The fraction of sp³-hybridized carbons (Fsp3) is 0.136. The third-order valence-electron chi connectivity index (χ3n) is 4.25. The first-order chi connectivity index (χ1) is 14.5. The minimum Gasteiger partial charge on any atom is -0.494 e. The van der Waals surface area contributed by atoms with E-state index in [1.54, 1.807) is 25.3 Å². The van der Waals surface area contributed by atoms with E-state index in [9.17, 15) is 10.1 Å². The van der Waals surface area contributed by atoms with E-state index in [2.05, 4.69) is 42.9 Å². The van der Waals surface area contributed by atoms with Crippen molar-refractivity contribution >= 4 is 49.8 Å². The molecule has 152 valence electrons. The number of pyridine rings is 1. The summed E-state index contributed by atoms with van der Waals surface area (Å²) < 4.78 is 6.34. The number of benzene rings is 2. The van der Waals surface area contributed by atoms with Crippen LogP contribution < -0.4 is 20.7 Å². The van der Waals surface area contributed by atoms with Crippen LogP contribution in [0.1, 0.15) is 5.56 Å². The van der Waals surface area contributed by atoms with Crippen molar-refractivity contribution in [1.29, 1.82) is 5.26 Å². The standard InChI is InChI=1S/C22H20BrN5O2/c1-25-8-4-7-21(29)28-19-10-17-18(11-20(19)30-2)26-13-14(12-24)22(17)27-16-6-3-5-15(23)9-16/h3-7,9-11,13,25H,8H2,1-2H3,(H,26,27)(H,28,29)/b7-4+. The van der Waals surface area contributed by atoms with Gasteiger partial charge in [0.25, 0.3) is 0 Å². The Labute approximate surface area is 182 Å². The number of nitrogens with zero attached hydrogens (tertiary/aromatic N) is 2. The summed E-state index contributed by atoms with van der Waals surface area (Å²) in [6.45, 7) is 0.582. The highest BCUT2D eigenvalue weighted by atomic mass is 79.9. The maximum atomic E-state index is 12.3. The van der Waals surface area contributed by atoms with Crippen LogP contribution in [0.2, 0.25) is 0 Å². The van der Waals surface area contributed by atoms with Crippen LogP contribution in [-0.2, 0) is 4.79 Å². The molecule has 0 saturated heterocycles. The van der Waals surface area contributed by atoms with Crippen LogP contribution in [0.25, 0.3) is 10.9 Å². The summed E-state index contributed by atoms with van der Waals surface area (Å²) in [6.07, 6.45) is 4.68. The van der Waals surface area contributed by atoms with Gasteiger partial charge in [0.15, 0.2) is 0 Å². The van der Waals surface area contributed by atoms with Crippen molar-refractivity contribution in [2.45, 2.75) is 0 Å². The summed E-state index contributed by atoms with van der Waals surface area (Å²) >= 11 is 3.45. The number of anilines is 3. The Morgan fingerprint density at radius 2 is 2.17 bits per heavy atom. The Hall–Kier alpha value is -3.41. The Morgan fingerprint density at radius 3 is 2.87 bits per heavy atom. The van der Waals surface area contributed by atoms with Gasteiger partial charge in [0.2, 0.25) is 5.91 Å². The van der Waals surface area contributed by atoms with Crippen LogP contribution in [-0.4, -0.2) is 31.6 Å². The maximum Gasteiger partial charge on any atom is 0.248 e. The second-order valence-electron chi connectivity index (χ2n) is 6.31. The largest absolute Gasteiger partial charge is 0.494 e. The van der Waals surface area contributed by atoms with Gasteiger partial charge in [-0.3, -0.25) is 9.78 Å². The molecule has 0 unspecified atom stereocenters. The highest BCUT2D eigenvalue weighted by Crippen LogP contribution is 2.36. The smallest absolute Gasteiger partial charge is 0.248 e. The molecule has 0 saturated carbocycles. The van der Waals surface area contributed by atoms with Gasteiger partial charge in [0.05, 0.1) is 29.6 Å². The van der Waals surface area contributed by atoms with Crippen molar-refractivity contribution in [1.82, 2.24) is 10.3 Å². The third-order valence-corrected chi connectivity index (χ3v) is 4.75. The average Bonchev–Trinajstić information content (AvgIpc) is 2.74. The van der Waals surface area contributed by atoms with Crippen LogP contribution >= 0.6 is 15.9 Å². The van der Waals surface area contributed by atoms with Crippen LogP contribution in [0.3, 0.4) is 0 Å². The first-order valence-electron chi connectivity index (χ1n) is 9.11. The molecule has 3 N–H and O–H groups in total. The molecule has 0 bridgehead atoms. The summed E-state index contributed by atoms with van der Waals surface area (Å²) in [5.41, 5.74) is 2.92. The molecule has 1 heterocycles. The van der Waals surface area contributed by atoms with Gasteiger partial charge < -0.3 is 20.7 Å². The van der Waals surface area contributed by atoms with E-state index in [1.807, 2.05) is 24.3 Å². The molecular weight excluding hydrogens is 446 g/mol. The number of nitrogens with one attached hydrogen (secondary N) is 3. The predicted molar refractivity (Wildman–Crippen MR) is 122 cm³/mol. The lowest BCUT2D eigenvalue weighted by Crippen LogP contribution is -2.11. The van der Waals surface area contributed by atoms with Crippen molar-refractivity contribution in [2.24, 2.45) is 0 Å². The molecule has 8 heteroatoms. The van der Waals surface area contributed by atoms with Gasteiger partial charge in [0.1, 0.15) is 11.8 Å². The van der Waals surface area contributed by atoms with Crippen LogP contribution in [0.15, 0.2) is 59.2 Å². The summed E-state index contributed by atoms with van der Waals surface area (Å²) in [4.78, 5) is 16.6. The highest BCUT2D eigenvalue weighted by Gasteiger charge is 2.15. The van der Waals surface area contributed by atoms with Gasteiger partial charge in [-0.1, -0.05) is 28.1 Å². The van der Waals surface area contributed by atoms with Gasteiger partial charge in [-0.15, -0.1) is 0 Å². The van der Waals surface area contributed by atoms with Crippen LogP contribution in [0, 0.1) is 11.3 Å². The van der Waals surface area contributed by atoms with E-state index in [0.29, 0.717) is 40.1 Å². The van der Waals surface area contributed by atoms with Crippen molar-refractivity contribution < 1.29 is 9.53 Å². The van der Waals surface area contributed by atoms with Crippen LogP contribution in [0.4, 0.5) is 17.1 Å². The Bertz CT molecular complexity index is 1150. The molecule has 7 nitrogen and oxygen atoms in total. The van der Waals surface area contributed by atoms with E-state index < -0.39 is 0 Å². The number of likely N-dealkylation sites (N-methyl/N-ethyl adjacent to an activating group) is 1. The second-order valence-corrected chi connectivity index (χ2v) is 7.23. The SMILES string of the molecule is CNC/C=C/C(=O)Nc1cc2c(Nc3cccc(Br)c3)c(C#N)cnc2cc1OC. The molecule has 0 fully saturated rings. The van der Waals surface area contributed by atoms with Gasteiger partial charge in [-0.05, 0) is 31.3 Å². The number of aromatic nitrogens is 1. The molecule has 0 aliphatic rings. The second kappa shape index (κ2) is 9.87. The van der Waals surface area contributed by atoms with Gasteiger partial charge in [-0.25, -0.2) is 0 Å². The number of fused-ring (bicyclic) bond motifs is 1. The average molecular weight is 466 g/mol. The van der Waals surface area contributed by atoms with Crippen molar-refractivity contribution in [3.8, 4) is 11.8 Å². The maximum absolute atomic E-state index is 12.3. The molecule has 0 aliphatic heterocycles. The fourth-order valence-corrected chi connectivity index (χ4v) is 3.27. The Morgan fingerprint density at radius 1 is 1.33 bits per heavy atom. The molecule has 30 heavy (non-hydrogen) atoms. The molecule has 3 aromatic rings. The zero-order valence-electron chi connectivity index (χ0n) is 16.5. The molecule has 0 aliphatic carbocycles. The first kappa shape index (κ1) is 21.3. The number of rotatable bonds is 7. The number of hydrogen-bond donors (Lipinski definition) is 3. The third kappa shape index (κ3) is 4.95. The zero-order chi connectivity index (χ0) is 21.5. The summed E-state index contributed by atoms with van der Waals surface area (Å²) in [5, 5.41) is 19.3. The lowest BCUT2D eigenvalue weighted by atomic mass is 10.1. The minimum atomic E-state index is -0.284. The number of carbonyl (C=O) groups is 1. The zero-order valence-corrected chi connectivity index (χ0v) is 18.1. The Kier molecular flexibility index (Phi) is 7.01. The fourth-order valence-electron chi connectivity index (χ4n) is 2.87. The monoisotopic (exact) mass is 465 g/mol. The number of ether oxygens (including phenoxy) is 1. The van der Waals surface area contributed by atoms with E-state index >= 15 is 0 Å². The normalized spacial score (nSPS) is 10.7. The number of carbonyl (C=O) groups excluding carboxylic acids is 1. The molecule has 1 amide bonds. The lowest BCUT2D eigenvalue weighted by molar-refractivity contribution is -0.111. The summed E-state index contributed by atoms with van der Waals surface area (Å²) in [7, 11) is 3.33. The first-order valence-corrected chi connectivity index (χ1v) is 9.90. The molecule has 3 rings (SSSR count). The minimum absolute atomic E-state index is 0.284. The van der Waals surface area contributed by atoms with Crippen molar-refractivity contribution in [3.63, 3.8) is 0 Å². The Balaban J connectivity index is 2.08. The summed E-state index contributed by atoms with van der Waals surface area (Å²) in [5.74, 6) is 0.192. The number of halogens is 1.